The Hall–Kier alpha value is -2.54. The number of hydrogen-bond acceptors (Lipinski definition) is 4. The molecule has 6 heteroatoms. The van der Waals surface area contributed by atoms with Crippen molar-refractivity contribution in [1.82, 2.24) is 0 Å². The smallest absolute Gasteiger partial charge is 0.161 e. The topological polar surface area (TPSA) is 36.9 Å². The Kier molecular flexibility index (Phi) is 11.9. The summed E-state index contributed by atoms with van der Waals surface area (Å²) >= 11 is 8.08. The zero-order valence-corrected chi connectivity index (χ0v) is 35.0. The van der Waals surface area contributed by atoms with E-state index in [1.54, 1.807) is 0 Å². The molecule has 6 unspecified atom stereocenters. The summed E-state index contributed by atoms with van der Waals surface area (Å²) in [4.78, 5) is 0. The molecule has 0 bridgehead atoms. The van der Waals surface area contributed by atoms with Crippen molar-refractivity contribution in [3.63, 3.8) is 0 Å². The monoisotopic (exact) mass is 818 g/mol. The Morgan fingerprint density at radius 2 is 1.33 bits per heavy atom. The highest BCUT2D eigenvalue weighted by molar-refractivity contribution is 9.10. The molecule has 274 valence electrons. The molecule has 0 aromatic heterocycles. The van der Waals surface area contributed by atoms with E-state index in [1.165, 1.54) is 27.8 Å². The molecule has 0 radical (unpaired) electrons. The highest BCUT2D eigenvalue weighted by Crippen LogP contribution is 2.66. The third-order valence-electron chi connectivity index (χ3n) is 11.5. The molecule has 4 aliphatic rings. The minimum absolute atomic E-state index is 0.408. The van der Waals surface area contributed by atoms with Crippen molar-refractivity contribution in [3.05, 3.63) is 98.3 Å². The molecule has 0 saturated carbocycles. The normalized spacial score (nSPS) is 23.8. The van der Waals surface area contributed by atoms with Gasteiger partial charge in [0.1, 0.15) is 5.76 Å². The van der Waals surface area contributed by atoms with Crippen LogP contribution in [0.3, 0.4) is 0 Å². The highest BCUT2D eigenvalue weighted by Gasteiger charge is 2.59. The van der Waals surface area contributed by atoms with E-state index in [1.807, 2.05) is 0 Å². The first-order valence-electron chi connectivity index (χ1n) is 19.2. The van der Waals surface area contributed by atoms with Crippen molar-refractivity contribution in [2.45, 2.75) is 92.0 Å². The SMILES string of the molecule is CCC(C)COC1=CC2(C3=Cc4cc(OCC(C)CC)c(OCC(C)CC)cc4C3=C1)C1=C(C=CC2(Br)OCC(C)CC)c2ccc(Br)cc2C1. The van der Waals surface area contributed by atoms with Crippen LogP contribution in [0.25, 0.3) is 17.2 Å². The van der Waals surface area contributed by atoms with Crippen LogP contribution in [0.1, 0.15) is 103 Å². The van der Waals surface area contributed by atoms with Gasteiger partial charge in [-0.3, -0.25) is 0 Å². The molecule has 0 N–H and O–H groups in total. The first kappa shape index (κ1) is 38.2. The fourth-order valence-electron chi connectivity index (χ4n) is 7.19. The van der Waals surface area contributed by atoms with E-state index in [4.69, 9.17) is 18.9 Å². The van der Waals surface area contributed by atoms with E-state index >= 15 is 0 Å². The Bertz CT molecular complexity index is 1780. The first-order chi connectivity index (χ1) is 24.5. The molecule has 4 nitrogen and oxygen atoms in total. The summed E-state index contributed by atoms with van der Waals surface area (Å²) in [6.45, 7) is 20.4. The maximum absolute atomic E-state index is 7.12. The maximum atomic E-state index is 7.12. The van der Waals surface area contributed by atoms with E-state index in [-0.39, 0.29) is 0 Å². The molecule has 6 atom stereocenters. The summed E-state index contributed by atoms with van der Waals surface area (Å²) in [6.07, 6.45) is 16.6. The number of hydrogen-bond donors (Lipinski definition) is 0. The molecule has 0 aliphatic heterocycles. The Morgan fingerprint density at radius 3 is 1.98 bits per heavy atom. The lowest BCUT2D eigenvalue weighted by molar-refractivity contribution is -0.000286. The molecule has 0 saturated heterocycles. The van der Waals surface area contributed by atoms with E-state index in [0.29, 0.717) is 50.1 Å². The van der Waals surface area contributed by atoms with Gasteiger partial charge in [-0.1, -0.05) is 109 Å². The molecular formula is C45H56Br2O4. The summed E-state index contributed by atoms with van der Waals surface area (Å²) in [5, 5.41) is 0. The minimum atomic E-state index is -0.842. The molecule has 0 fully saturated rings. The zero-order chi connectivity index (χ0) is 36.5. The van der Waals surface area contributed by atoms with Crippen molar-refractivity contribution >= 4 is 49.1 Å². The van der Waals surface area contributed by atoms with Gasteiger partial charge >= 0.3 is 0 Å². The molecule has 4 aliphatic carbocycles. The quantitative estimate of drug-likeness (QED) is 0.158. The largest absolute Gasteiger partial charge is 0.494 e. The van der Waals surface area contributed by atoms with Crippen LogP contribution in [0, 0.1) is 29.1 Å². The summed E-state index contributed by atoms with van der Waals surface area (Å²) in [6, 6.07) is 11.1. The van der Waals surface area contributed by atoms with E-state index in [2.05, 4.69) is 148 Å². The van der Waals surface area contributed by atoms with Gasteiger partial charge in [-0.15, -0.1) is 0 Å². The zero-order valence-electron chi connectivity index (χ0n) is 31.8. The van der Waals surface area contributed by atoms with Crippen LogP contribution < -0.4 is 9.47 Å². The molecular weight excluding hydrogens is 764 g/mol. The Balaban J connectivity index is 1.55. The lowest BCUT2D eigenvalue weighted by Crippen LogP contribution is -2.49. The molecule has 0 amide bonds. The van der Waals surface area contributed by atoms with Crippen LogP contribution in [0.4, 0.5) is 0 Å². The second-order valence-corrected chi connectivity index (χ2v) is 17.6. The van der Waals surface area contributed by atoms with E-state index in [9.17, 15) is 0 Å². The van der Waals surface area contributed by atoms with Crippen LogP contribution in [0.15, 0.2) is 76.0 Å². The molecule has 0 heterocycles. The first-order valence-corrected chi connectivity index (χ1v) is 20.8. The number of halogens is 2. The number of alkyl halides is 1. The van der Waals surface area contributed by atoms with Crippen LogP contribution in [-0.2, 0) is 15.9 Å². The van der Waals surface area contributed by atoms with Crippen LogP contribution >= 0.6 is 31.9 Å². The van der Waals surface area contributed by atoms with Gasteiger partial charge in [0.05, 0.1) is 31.8 Å². The number of ether oxygens (including phenoxy) is 4. The van der Waals surface area contributed by atoms with Gasteiger partial charge in [0.2, 0.25) is 0 Å². The molecule has 51 heavy (non-hydrogen) atoms. The Labute approximate surface area is 323 Å². The average molecular weight is 821 g/mol. The van der Waals surface area contributed by atoms with Gasteiger partial charge in [-0.05, 0) is 139 Å². The van der Waals surface area contributed by atoms with E-state index in [0.717, 1.165) is 70.5 Å². The van der Waals surface area contributed by atoms with Crippen molar-refractivity contribution < 1.29 is 18.9 Å². The summed E-state index contributed by atoms with van der Waals surface area (Å²) < 4.78 is 27.3. The molecule has 6 rings (SSSR count). The van der Waals surface area contributed by atoms with Crippen molar-refractivity contribution in [3.8, 4) is 11.5 Å². The van der Waals surface area contributed by atoms with Crippen LogP contribution in [0.2, 0.25) is 0 Å². The van der Waals surface area contributed by atoms with Crippen LogP contribution in [0.5, 0.6) is 11.5 Å². The van der Waals surface area contributed by atoms with Crippen molar-refractivity contribution in [2.24, 2.45) is 29.1 Å². The van der Waals surface area contributed by atoms with Gasteiger partial charge in [0, 0.05) is 4.47 Å². The highest BCUT2D eigenvalue weighted by atomic mass is 79.9. The second kappa shape index (κ2) is 15.8. The van der Waals surface area contributed by atoms with Gasteiger partial charge in [-0.2, -0.15) is 0 Å². The number of benzene rings is 2. The van der Waals surface area contributed by atoms with Crippen molar-refractivity contribution in [2.75, 3.05) is 26.4 Å². The standard InChI is InChI=1S/C45H56Br2O4/c1-9-28(5)24-48-35-21-39-38-22-43(50-26-30(7)11-3)42(49-25-29(6)10-2)20-33(38)19-41(39)44(23-35)40-18-32-17-34(46)13-14-36(32)37(40)15-16-45(44,47)51-27-31(8)12-4/h13-17,19-23,28-31H,9-12,18,24-27H2,1-8H3. The third-order valence-corrected chi connectivity index (χ3v) is 13.2. The van der Waals surface area contributed by atoms with Gasteiger partial charge in [-0.25, -0.2) is 0 Å². The predicted molar refractivity (Wildman–Crippen MR) is 219 cm³/mol. The van der Waals surface area contributed by atoms with E-state index < -0.39 is 9.93 Å². The van der Waals surface area contributed by atoms with Gasteiger partial charge < -0.3 is 18.9 Å². The van der Waals surface area contributed by atoms with Gasteiger partial charge in [0.15, 0.2) is 16.0 Å². The van der Waals surface area contributed by atoms with Gasteiger partial charge in [0.25, 0.3) is 0 Å². The summed E-state index contributed by atoms with van der Waals surface area (Å²) in [5.41, 5.74) is 9.16. The number of rotatable bonds is 16. The van der Waals surface area contributed by atoms with Crippen molar-refractivity contribution in [1.29, 1.82) is 0 Å². The van der Waals surface area contributed by atoms with Crippen LogP contribution in [-0.4, -0.2) is 30.9 Å². The number of fused-ring (bicyclic) bond motifs is 7. The summed E-state index contributed by atoms with van der Waals surface area (Å²) in [7, 11) is 0. The lowest BCUT2D eigenvalue weighted by atomic mass is 9.62. The fraction of sp³-hybridized carbons (Fsp3) is 0.511. The third kappa shape index (κ3) is 7.36. The molecule has 2 aromatic carbocycles. The number of allylic oxidation sites excluding steroid dienone is 4. The second-order valence-electron chi connectivity index (χ2n) is 15.5. The lowest BCUT2D eigenvalue weighted by Gasteiger charge is -2.50. The Morgan fingerprint density at radius 1 is 0.725 bits per heavy atom. The molecule has 2 aromatic rings. The summed E-state index contributed by atoms with van der Waals surface area (Å²) in [5.74, 6) is 4.22. The average Bonchev–Trinajstić information content (AvgIpc) is 3.69. The fourth-order valence-corrected chi connectivity index (χ4v) is 8.43. The maximum Gasteiger partial charge on any atom is 0.161 e. The molecule has 1 spiro atoms. The predicted octanol–water partition coefficient (Wildman–Crippen LogP) is 12.8. The minimum Gasteiger partial charge on any atom is -0.494 e.